The Morgan fingerprint density at radius 3 is 2.21 bits per heavy atom. The van der Waals surface area contributed by atoms with Crippen LogP contribution in [-0.4, -0.2) is 36.9 Å². The quantitative estimate of drug-likeness (QED) is 0.0860. The van der Waals surface area contributed by atoms with Crippen molar-refractivity contribution in [2.24, 2.45) is 0 Å². The minimum Gasteiger partial charge on any atom is -0.386 e. The van der Waals surface area contributed by atoms with Crippen LogP contribution in [0.2, 0.25) is 0 Å². The Labute approximate surface area is 289 Å². The number of aromatic nitrogens is 2. The van der Waals surface area contributed by atoms with E-state index in [1.54, 1.807) is 45.2 Å². The zero-order valence-corrected chi connectivity index (χ0v) is 30.0. The first-order valence-electron chi connectivity index (χ1n) is 15.3. The lowest BCUT2D eigenvalue weighted by molar-refractivity contribution is -0.160. The highest BCUT2D eigenvalue weighted by Crippen LogP contribution is 2.43. The van der Waals surface area contributed by atoms with Gasteiger partial charge in [0.05, 0.1) is 45.6 Å². The van der Waals surface area contributed by atoms with Gasteiger partial charge in [-0.05, 0) is 92.4 Å². The molecule has 0 aliphatic carbocycles. The smallest absolute Gasteiger partial charge is 0.156 e. The molecule has 0 saturated carbocycles. The summed E-state index contributed by atoms with van der Waals surface area (Å²) >= 11 is 2.71. The van der Waals surface area contributed by atoms with Crippen molar-refractivity contribution in [3.8, 4) is 43.4 Å². The van der Waals surface area contributed by atoms with Crippen molar-refractivity contribution in [1.29, 1.82) is 0 Å². The van der Waals surface area contributed by atoms with Crippen molar-refractivity contribution in [1.82, 2.24) is 9.97 Å². The first-order chi connectivity index (χ1) is 22.8. The molecule has 6 aromatic rings. The number of nitrogens with zero attached hydrogens (tertiary/aromatic N) is 2. The van der Waals surface area contributed by atoms with E-state index in [4.69, 9.17) is 19.2 Å². The number of hydrogen-bond acceptors (Lipinski definition) is 9. The molecule has 7 nitrogen and oxygen atoms in total. The number of fused-ring (bicyclic) bond motifs is 1. The van der Waals surface area contributed by atoms with Gasteiger partial charge >= 0.3 is 0 Å². The molecular weight excluding hydrogens is 661 g/mol. The lowest BCUT2D eigenvalue weighted by Gasteiger charge is -2.24. The maximum Gasteiger partial charge on any atom is 0.156 e. The molecular formula is C38H36N2O5S3. The van der Waals surface area contributed by atoms with Crippen LogP contribution in [0.5, 0.6) is 0 Å². The zero-order chi connectivity index (χ0) is 34.3. The number of rotatable bonds is 10. The fourth-order valence-corrected chi connectivity index (χ4v) is 7.43. The van der Waals surface area contributed by atoms with Crippen LogP contribution in [0.1, 0.15) is 38.8 Å². The van der Waals surface area contributed by atoms with E-state index in [0.29, 0.717) is 5.56 Å². The first-order valence-corrected chi connectivity index (χ1v) is 18.7. The van der Waals surface area contributed by atoms with Gasteiger partial charge in [0.15, 0.2) is 9.84 Å². The van der Waals surface area contributed by atoms with Gasteiger partial charge in [-0.25, -0.2) is 18.3 Å². The van der Waals surface area contributed by atoms with Crippen molar-refractivity contribution in [3.63, 3.8) is 0 Å². The summed E-state index contributed by atoms with van der Waals surface area (Å²) in [6.07, 6.45) is 3.03. The highest BCUT2D eigenvalue weighted by Gasteiger charge is 2.33. The maximum atomic E-state index is 12.9. The molecule has 0 aliphatic rings. The number of sulfone groups is 1. The normalized spacial score (nSPS) is 12.5. The standard InChI is InChI=1S/C38H36N2O5S3/c1-37(2,41)29-14-8-12-28(22-29)36-40-34(24-15-17-31(18-16-24)47-45-44-5)35(46-36)27-11-7-10-25(20-27)32-23-30(38(3,4)48(6,42)43)21-26-13-9-19-39-33(26)32/h7-23,41H,1-6H3. The number of pyridine rings is 1. The van der Waals surface area contributed by atoms with Gasteiger partial charge < -0.3 is 5.11 Å². The summed E-state index contributed by atoms with van der Waals surface area (Å²) in [6, 6.07) is 31.7. The molecule has 0 atom stereocenters. The molecule has 0 fully saturated rings. The van der Waals surface area contributed by atoms with E-state index < -0.39 is 20.2 Å². The second-order valence-corrected chi connectivity index (χ2v) is 17.0. The third kappa shape index (κ3) is 6.82. The van der Waals surface area contributed by atoms with Gasteiger partial charge in [-0.2, -0.15) is 4.33 Å². The van der Waals surface area contributed by atoms with Gasteiger partial charge in [0.2, 0.25) is 0 Å². The molecule has 1 N–H and O–H groups in total. The molecule has 48 heavy (non-hydrogen) atoms. The van der Waals surface area contributed by atoms with Crippen molar-refractivity contribution in [2.45, 2.75) is 42.9 Å². The van der Waals surface area contributed by atoms with Crippen molar-refractivity contribution >= 4 is 44.1 Å². The van der Waals surface area contributed by atoms with E-state index in [2.05, 4.69) is 12.1 Å². The summed E-state index contributed by atoms with van der Waals surface area (Å²) in [5, 5.41) is 12.4. The van der Waals surface area contributed by atoms with E-state index >= 15 is 0 Å². The summed E-state index contributed by atoms with van der Waals surface area (Å²) in [5.74, 6) is 0. The van der Waals surface area contributed by atoms with Crippen molar-refractivity contribution in [3.05, 3.63) is 114 Å². The van der Waals surface area contributed by atoms with Gasteiger partial charge in [-0.1, -0.05) is 54.6 Å². The van der Waals surface area contributed by atoms with Crippen LogP contribution < -0.4 is 0 Å². The molecule has 246 valence electrons. The Morgan fingerprint density at radius 2 is 1.50 bits per heavy atom. The van der Waals surface area contributed by atoms with Crippen LogP contribution in [0.15, 0.2) is 108 Å². The molecule has 0 spiro atoms. The topological polar surface area (TPSA) is 98.6 Å². The third-order valence-corrected chi connectivity index (χ3v) is 12.4. The SMILES string of the molecule is COOSc1ccc(-c2nc(-c3cccc(C(C)(C)O)c3)sc2-c2cccc(-c3cc(C(C)(C)S(C)(=O)=O)cc4cccnc34)c2)cc1. The van der Waals surface area contributed by atoms with Gasteiger partial charge in [0, 0.05) is 39.4 Å². The Morgan fingerprint density at radius 1 is 0.792 bits per heavy atom. The third-order valence-electron chi connectivity index (χ3n) is 8.53. The van der Waals surface area contributed by atoms with E-state index in [-0.39, 0.29) is 0 Å². The lowest BCUT2D eigenvalue weighted by Crippen LogP contribution is -2.28. The van der Waals surface area contributed by atoms with E-state index in [1.807, 2.05) is 84.9 Å². The van der Waals surface area contributed by atoms with Crippen LogP contribution in [0, 0.1) is 0 Å². The molecule has 4 aromatic carbocycles. The molecule has 0 radical (unpaired) electrons. The molecule has 6 rings (SSSR count). The monoisotopic (exact) mass is 696 g/mol. The summed E-state index contributed by atoms with van der Waals surface area (Å²) in [6.45, 7) is 7.02. The molecule has 0 bridgehead atoms. The maximum absolute atomic E-state index is 12.9. The Kier molecular flexibility index (Phi) is 9.34. The number of benzene rings is 4. The number of aliphatic hydroxyl groups is 1. The van der Waals surface area contributed by atoms with Crippen LogP contribution in [0.4, 0.5) is 0 Å². The number of thiazole rings is 1. The predicted octanol–water partition coefficient (Wildman–Crippen LogP) is 9.45. The largest absolute Gasteiger partial charge is 0.386 e. The molecule has 2 aromatic heterocycles. The average Bonchev–Trinajstić information content (AvgIpc) is 3.52. The summed E-state index contributed by atoms with van der Waals surface area (Å²) in [7, 11) is -1.95. The molecule has 0 amide bonds. The van der Waals surface area contributed by atoms with Gasteiger partial charge in [-0.3, -0.25) is 4.98 Å². The highest BCUT2D eigenvalue weighted by atomic mass is 32.2. The lowest BCUT2D eigenvalue weighted by atomic mass is 9.92. The van der Waals surface area contributed by atoms with Crippen molar-refractivity contribution < 1.29 is 22.7 Å². The highest BCUT2D eigenvalue weighted by molar-refractivity contribution is 7.94. The second-order valence-electron chi connectivity index (χ2n) is 12.6. The minimum absolute atomic E-state index is 0.703. The zero-order valence-electron chi connectivity index (χ0n) is 27.5. The molecule has 10 heteroatoms. The van der Waals surface area contributed by atoms with E-state index in [1.165, 1.54) is 13.4 Å². The van der Waals surface area contributed by atoms with Gasteiger partial charge in [-0.15, -0.1) is 11.3 Å². The van der Waals surface area contributed by atoms with Gasteiger partial charge in [0.1, 0.15) is 5.01 Å². The summed E-state index contributed by atoms with van der Waals surface area (Å²) in [4.78, 5) is 16.5. The van der Waals surface area contributed by atoms with E-state index in [9.17, 15) is 13.5 Å². The predicted molar refractivity (Wildman–Crippen MR) is 196 cm³/mol. The van der Waals surface area contributed by atoms with Crippen molar-refractivity contribution in [2.75, 3.05) is 13.4 Å². The summed E-state index contributed by atoms with van der Waals surface area (Å²) in [5.41, 5.74) is 6.69. The fraction of sp³-hybridized carbons (Fsp3) is 0.211. The van der Waals surface area contributed by atoms with Gasteiger partial charge in [0.25, 0.3) is 0 Å². The molecule has 0 saturated heterocycles. The fourth-order valence-electron chi connectivity index (χ4n) is 5.41. The van der Waals surface area contributed by atoms with Crippen LogP contribution in [-0.2, 0) is 29.4 Å². The average molecular weight is 697 g/mol. The van der Waals surface area contributed by atoms with Crippen LogP contribution in [0.25, 0.3) is 54.3 Å². The first kappa shape index (κ1) is 34.0. The minimum atomic E-state index is -3.41. The second kappa shape index (κ2) is 13.2. The molecule has 2 heterocycles. The summed E-state index contributed by atoms with van der Waals surface area (Å²) < 4.78 is 29.7. The Bertz CT molecular complexity index is 2220. The molecule has 0 unspecified atom stereocenters. The molecule has 0 aliphatic heterocycles. The van der Waals surface area contributed by atoms with E-state index in [0.717, 1.165) is 76.8 Å². The Hall–Kier alpha value is -3.90. The van der Waals surface area contributed by atoms with Crippen LogP contribution >= 0.6 is 23.4 Å². The van der Waals surface area contributed by atoms with Crippen LogP contribution in [0.3, 0.4) is 0 Å². The Balaban J connectivity index is 1.53. The number of hydrogen-bond donors (Lipinski definition) is 1.